The molecule has 1 atom stereocenters. The molecule has 0 aliphatic carbocycles. The van der Waals surface area contributed by atoms with Crippen molar-refractivity contribution in [2.45, 2.75) is 6.10 Å². The van der Waals surface area contributed by atoms with E-state index in [1.807, 2.05) is 22.6 Å². The van der Waals surface area contributed by atoms with Crippen molar-refractivity contribution >= 4 is 39.7 Å². The number of aliphatic hydroxyl groups is 1. The largest absolute Gasteiger partial charge is 0.479 e. The van der Waals surface area contributed by atoms with Crippen LogP contribution in [-0.4, -0.2) is 21.2 Å². The van der Waals surface area contributed by atoms with Gasteiger partial charge in [-0.25, -0.2) is 9.78 Å². The second-order valence-electron chi connectivity index (χ2n) is 2.93. The first-order chi connectivity index (χ1) is 7.08. The minimum atomic E-state index is -1.53. The van der Waals surface area contributed by atoms with E-state index in [0.717, 1.165) is 0 Å². The average molecular weight is 319 g/mol. The van der Waals surface area contributed by atoms with E-state index in [0.29, 0.717) is 15.0 Å². The number of benzene rings is 1. The molecule has 1 unspecified atom stereocenters. The minimum Gasteiger partial charge on any atom is -0.479 e. The average Bonchev–Trinajstić information content (AvgIpc) is 2.55. The number of aromatic nitrogens is 1. The number of oxazole rings is 1. The summed E-state index contributed by atoms with van der Waals surface area (Å²) in [6.07, 6.45) is -1.53. The molecule has 1 aromatic carbocycles. The summed E-state index contributed by atoms with van der Waals surface area (Å²) in [4.78, 5) is 14.6. The van der Waals surface area contributed by atoms with E-state index in [1.54, 1.807) is 6.07 Å². The van der Waals surface area contributed by atoms with Crippen LogP contribution in [-0.2, 0) is 4.79 Å². The van der Waals surface area contributed by atoms with Crippen molar-refractivity contribution in [2.24, 2.45) is 0 Å². The lowest BCUT2D eigenvalue weighted by Gasteiger charge is -2.03. The zero-order valence-electron chi connectivity index (χ0n) is 7.35. The Morgan fingerprint density at radius 1 is 1.53 bits per heavy atom. The van der Waals surface area contributed by atoms with Gasteiger partial charge in [0.15, 0.2) is 11.7 Å². The first kappa shape index (κ1) is 10.4. The van der Waals surface area contributed by atoms with Gasteiger partial charge in [-0.15, -0.1) is 0 Å². The summed E-state index contributed by atoms with van der Waals surface area (Å²) in [6, 6.07) is 4.60. The van der Waals surface area contributed by atoms with Crippen molar-refractivity contribution < 1.29 is 19.4 Å². The van der Waals surface area contributed by atoms with Gasteiger partial charge in [-0.1, -0.05) is 6.07 Å². The molecule has 78 valence electrons. The summed E-state index contributed by atoms with van der Waals surface area (Å²) in [5.41, 5.74) is 1.39. The molecular formula is C9H6INO4. The predicted octanol–water partition coefficient (Wildman–Crippen LogP) is 1.55. The summed E-state index contributed by atoms with van der Waals surface area (Å²) in [5, 5.41) is 17.9. The number of hydrogen-bond acceptors (Lipinski definition) is 4. The summed E-state index contributed by atoms with van der Waals surface area (Å²) >= 11 is 1.92. The second-order valence-corrected chi connectivity index (χ2v) is 3.86. The van der Waals surface area contributed by atoms with Crippen molar-refractivity contribution in [3.63, 3.8) is 0 Å². The van der Waals surface area contributed by atoms with Gasteiger partial charge in [0.25, 0.3) is 3.90 Å². The van der Waals surface area contributed by atoms with Gasteiger partial charge in [0, 0.05) is 22.6 Å². The van der Waals surface area contributed by atoms with Crippen LogP contribution in [0.4, 0.5) is 0 Å². The number of aliphatic carboxylic acids is 1. The molecule has 6 heteroatoms. The molecule has 2 N–H and O–H groups in total. The van der Waals surface area contributed by atoms with Crippen LogP contribution in [0.15, 0.2) is 22.6 Å². The molecule has 5 nitrogen and oxygen atoms in total. The van der Waals surface area contributed by atoms with Gasteiger partial charge in [0.1, 0.15) is 5.52 Å². The van der Waals surface area contributed by atoms with Gasteiger partial charge in [-0.2, -0.15) is 0 Å². The van der Waals surface area contributed by atoms with E-state index in [9.17, 15) is 9.90 Å². The monoisotopic (exact) mass is 319 g/mol. The maximum atomic E-state index is 10.5. The number of carboxylic acids is 1. The molecule has 2 aromatic rings. The molecule has 0 aliphatic rings. The first-order valence-electron chi connectivity index (χ1n) is 4.05. The number of halogens is 1. The van der Waals surface area contributed by atoms with Crippen LogP contribution in [0.25, 0.3) is 11.1 Å². The zero-order chi connectivity index (χ0) is 11.0. The Labute approximate surface area is 97.9 Å². The highest BCUT2D eigenvalue weighted by atomic mass is 127. The predicted molar refractivity (Wildman–Crippen MR) is 59.3 cm³/mol. The fourth-order valence-corrected chi connectivity index (χ4v) is 1.72. The van der Waals surface area contributed by atoms with E-state index >= 15 is 0 Å². The molecule has 0 aliphatic heterocycles. The quantitative estimate of drug-likeness (QED) is 0.821. The van der Waals surface area contributed by atoms with Crippen LogP contribution in [0.3, 0.4) is 0 Å². The third-order valence-corrected chi connectivity index (χ3v) is 2.40. The molecule has 0 radical (unpaired) electrons. The Hall–Kier alpha value is -1.15. The number of aliphatic hydroxyl groups excluding tert-OH is 1. The van der Waals surface area contributed by atoms with E-state index in [-0.39, 0.29) is 5.56 Å². The number of fused-ring (bicyclic) bond motifs is 1. The van der Waals surface area contributed by atoms with Gasteiger partial charge in [-0.05, 0) is 17.7 Å². The Balaban J connectivity index is 2.50. The lowest BCUT2D eigenvalue weighted by Crippen LogP contribution is -2.09. The SMILES string of the molecule is O=C(O)C(O)c1ccc2nc(I)oc2c1. The van der Waals surface area contributed by atoms with E-state index in [4.69, 9.17) is 9.52 Å². The molecule has 0 amide bonds. The molecule has 0 spiro atoms. The summed E-state index contributed by atoms with van der Waals surface area (Å²) in [6.45, 7) is 0. The molecule has 0 saturated heterocycles. The number of hydrogen-bond donors (Lipinski definition) is 2. The zero-order valence-corrected chi connectivity index (χ0v) is 9.50. The normalized spacial score (nSPS) is 12.9. The highest BCUT2D eigenvalue weighted by Crippen LogP contribution is 2.22. The van der Waals surface area contributed by atoms with Crippen LogP contribution >= 0.6 is 22.6 Å². The van der Waals surface area contributed by atoms with Crippen LogP contribution in [0.5, 0.6) is 0 Å². The first-order valence-corrected chi connectivity index (χ1v) is 5.12. The van der Waals surface area contributed by atoms with Gasteiger partial charge in [-0.3, -0.25) is 0 Å². The summed E-state index contributed by atoms with van der Waals surface area (Å²) < 4.78 is 5.69. The van der Waals surface area contributed by atoms with Gasteiger partial charge in [0.05, 0.1) is 0 Å². The number of rotatable bonds is 2. The highest BCUT2D eigenvalue weighted by Gasteiger charge is 2.17. The highest BCUT2D eigenvalue weighted by molar-refractivity contribution is 14.1. The molecule has 0 bridgehead atoms. The van der Waals surface area contributed by atoms with Crippen molar-refractivity contribution in [1.82, 2.24) is 4.98 Å². The maximum Gasteiger partial charge on any atom is 0.337 e. The lowest BCUT2D eigenvalue weighted by molar-refractivity contribution is -0.146. The smallest absolute Gasteiger partial charge is 0.337 e. The van der Waals surface area contributed by atoms with Crippen molar-refractivity contribution in [1.29, 1.82) is 0 Å². The molecule has 15 heavy (non-hydrogen) atoms. The maximum absolute atomic E-state index is 10.5. The number of carbonyl (C=O) groups is 1. The van der Waals surface area contributed by atoms with Crippen LogP contribution in [0.1, 0.15) is 11.7 Å². The van der Waals surface area contributed by atoms with Crippen LogP contribution in [0.2, 0.25) is 0 Å². The Morgan fingerprint density at radius 3 is 2.93 bits per heavy atom. The third-order valence-electron chi connectivity index (χ3n) is 1.94. The Bertz CT molecular complexity index is 522. The molecule has 0 fully saturated rings. The molecule has 1 aromatic heterocycles. The van der Waals surface area contributed by atoms with Crippen molar-refractivity contribution in [3.05, 3.63) is 27.7 Å². The Morgan fingerprint density at radius 2 is 2.27 bits per heavy atom. The van der Waals surface area contributed by atoms with Gasteiger partial charge < -0.3 is 14.6 Å². The van der Waals surface area contributed by atoms with E-state index in [1.165, 1.54) is 12.1 Å². The molecular weight excluding hydrogens is 313 g/mol. The van der Waals surface area contributed by atoms with Crippen LogP contribution in [0, 0.1) is 3.90 Å². The fraction of sp³-hybridized carbons (Fsp3) is 0.111. The molecule has 0 saturated carbocycles. The van der Waals surface area contributed by atoms with Crippen molar-refractivity contribution in [3.8, 4) is 0 Å². The van der Waals surface area contributed by atoms with Crippen LogP contribution < -0.4 is 0 Å². The van der Waals surface area contributed by atoms with Crippen molar-refractivity contribution in [2.75, 3.05) is 0 Å². The van der Waals surface area contributed by atoms with E-state index in [2.05, 4.69) is 4.98 Å². The lowest BCUT2D eigenvalue weighted by atomic mass is 10.1. The Kier molecular flexibility index (Phi) is 2.61. The number of nitrogens with zero attached hydrogens (tertiary/aromatic N) is 1. The summed E-state index contributed by atoms with van der Waals surface area (Å²) in [7, 11) is 0. The summed E-state index contributed by atoms with van der Waals surface area (Å²) in [5.74, 6) is -1.29. The van der Waals surface area contributed by atoms with Gasteiger partial charge >= 0.3 is 5.97 Å². The third kappa shape index (κ3) is 1.95. The fourth-order valence-electron chi connectivity index (χ4n) is 1.23. The molecule has 2 rings (SSSR count). The topological polar surface area (TPSA) is 83.6 Å². The number of carboxylic acid groups (broad SMARTS) is 1. The minimum absolute atomic E-state index is 0.280. The molecule has 1 heterocycles. The van der Waals surface area contributed by atoms with E-state index < -0.39 is 12.1 Å². The second kappa shape index (κ2) is 3.78. The van der Waals surface area contributed by atoms with Gasteiger partial charge in [0.2, 0.25) is 0 Å². The standard InChI is InChI=1S/C9H6INO4/c10-9-11-5-2-1-4(3-6(5)15-9)7(12)8(13)14/h1-3,7,12H,(H,13,14).